The van der Waals surface area contributed by atoms with Gasteiger partial charge in [0.15, 0.2) is 0 Å². The van der Waals surface area contributed by atoms with E-state index >= 15 is 0 Å². The lowest BCUT2D eigenvalue weighted by Gasteiger charge is -2.16. The van der Waals surface area contributed by atoms with Crippen molar-refractivity contribution in [1.82, 2.24) is 4.90 Å². The Labute approximate surface area is 114 Å². The number of likely N-dealkylation sites (tertiary alicyclic amines) is 1. The Morgan fingerprint density at radius 3 is 2.72 bits per heavy atom. The third-order valence-corrected chi connectivity index (χ3v) is 3.64. The molecule has 0 radical (unpaired) electrons. The van der Waals surface area contributed by atoms with Crippen LogP contribution in [-0.4, -0.2) is 31.1 Å². The van der Waals surface area contributed by atoms with Crippen molar-refractivity contribution < 1.29 is 4.74 Å². The van der Waals surface area contributed by atoms with Crippen molar-refractivity contribution in [3.05, 3.63) is 28.8 Å². The quantitative estimate of drug-likeness (QED) is 0.892. The van der Waals surface area contributed by atoms with E-state index in [2.05, 4.69) is 4.90 Å². The highest BCUT2D eigenvalue weighted by molar-refractivity contribution is 6.32. The lowest BCUT2D eigenvalue weighted by Crippen LogP contribution is -2.25. The average Bonchev–Trinajstić information content (AvgIpc) is 2.84. The lowest BCUT2D eigenvalue weighted by atomic mass is 10.1. The Bertz CT molecular complexity index is 389. The molecule has 1 saturated heterocycles. The molecule has 0 spiro atoms. The van der Waals surface area contributed by atoms with Gasteiger partial charge in [-0.05, 0) is 50.6 Å². The molecule has 2 N–H and O–H groups in total. The molecule has 2 rings (SSSR count). The Morgan fingerprint density at radius 2 is 2.11 bits per heavy atom. The van der Waals surface area contributed by atoms with Gasteiger partial charge in [-0.15, -0.1) is 0 Å². The second kappa shape index (κ2) is 6.41. The second-order valence-electron chi connectivity index (χ2n) is 4.88. The zero-order valence-electron chi connectivity index (χ0n) is 10.9. The smallest absolute Gasteiger partial charge is 0.137 e. The minimum absolute atomic E-state index is 0.00106. The molecule has 1 aliphatic heterocycles. The van der Waals surface area contributed by atoms with Gasteiger partial charge in [0.25, 0.3) is 0 Å². The largest absolute Gasteiger partial charge is 0.491 e. The first-order valence-corrected chi connectivity index (χ1v) is 6.95. The van der Waals surface area contributed by atoms with Crippen LogP contribution in [0, 0.1) is 0 Å². The molecule has 1 atom stereocenters. The van der Waals surface area contributed by atoms with Gasteiger partial charge < -0.3 is 10.5 Å². The van der Waals surface area contributed by atoms with Crippen LogP contribution < -0.4 is 10.5 Å². The number of halogens is 1. The summed E-state index contributed by atoms with van der Waals surface area (Å²) in [4.78, 5) is 2.42. The topological polar surface area (TPSA) is 38.5 Å². The van der Waals surface area contributed by atoms with Crippen LogP contribution in [0.3, 0.4) is 0 Å². The molecule has 0 amide bonds. The zero-order chi connectivity index (χ0) is 13.0. The highest BCUT2D eigenvalue weighted by atomic mass is 35.5. The molecular formula is C14H21ClN2O. The highest BCUT2D eigenvalue weighted by Gasteiger charge is 2.11. The number of hydrogen-bond acceptors (Lipinski definition) is 3. The number of nitrogens with two attached hydrogens (primary N) is 1. The monoisotopic (exact) mass is 268 g/mol. The van der Waals surface area contributed by atoms with Gasteiger partial charge in [0.1, 0.15) is 12.4 Å². The number of hydrogen-bond donors (Lipinski definition) is 1. The molecule has 1 aromatic rings. The third-order valence-electron chi connectivity index (χ3n) is 3.35. The van der Waals surface area contributed by atoms with E-state index in [-0.39, 0.29) is 6.04 Å². The van der Waals surface area contributed by atoms with Crippen LogP contribution in [-0.2, 0) is 0 Å². The summed E-state index contributed by atoms with van der Waals surface area (Å²) in [5.74, 6) is 0.750. The summed E-state index contributed by atoms with van der Waals surface area (Å²) in [6.07, 6.45) is 2.62. The molecule has 0 bridgehead atoms. The van der Waals surface area contributed by atoms with Gasteiger partial charge in [0.05, 0.1) is 5.02 Å². The van der Waals surface area contributed by atoms with Crippen LogP contribution in [0.25, 0.3) is 0 Å². The molecule has 0 aromatic heterocycles. The van der Waals surface area contributed by atoms with E-state index in [0.29, 0.717) is 11.6 Å². The van der Waals surface area contributed by atoms with Crippen molar-refractivity contribution in [2.75, 3.05) is 26.2 Å². The van der Waals surface area contributed by atoms with Gasteiger partial charge in [-0.3, -0.25) is 4.90 Å². The summed E-state index contributed by atoms with van der Waals surface area (Å²) in [6.45, 7) is 6.00. The summed E-state index contributed by atoms with van der Waals surface area (Å²) in [5.41, 5.74) is 6.84. The first-order chi connectivity index (χ1) is 8.66. The lowest BCUT2D eigenvalue weighted by molar-refractivity contribution is 0.238. The van der Waals surface area contributed by atoms with E-state index in [1.807, 2.05) is 25.1 Å². The van der Waals surface area contributed by atoms with Gasteiger partial charge in [-0.2, -0.15) is 0 Å². The molecule has 0 aliphatic carbocycles. The summed E-state index contributed by atoms with van der Waals surface area (Å²) in [5, 5.41) is 0.645. The third kappa shape index (κ3) is 3.61. The van der Waals surface area contributed by atoms with Crippen LogP contribution in [0.2, 0.25) is 5.02 Å². The van der Waals surface area contributed by atoms with Crippen molar-refractivity contribution in [1.29, 1.82) is 0 Å². The molecule has 1 fully saturated rings. The van der Waals surface area contributed by atoms with Crippen molar-refractivity contribution >= 4 is 11.6 Å². The van der Waals surface area contributed by atoms with Gasteiger partial charge in [-0.25, -0.2) is 0 Å². The Kier molecular flexibility index (Phi) is 4.87. The number of benzene rings is 1. The van der Waals surface area contributed by atoms with Crippen molar-refractivity contribution in [2.45, 2.75) is 25.8 Å². The minimum atomic E-state index is 0.00106. The molecule has 18 heavy (non-hydrogen) atoms. The van der Waals surface area contributed by atoms with Crippen LogP contribution in [0.4, 0.5) is 0 Å². The van der Waals surface area contributed by atoms with Crippen LogP contribution in [0.15, 0.2) is 18.2 Å². The molecule has 4 heteroatoms. The van der Waals surface area contributed by atoms with E-state index in [9.17, 15) is 0 Å². The number of nitrogens with zero attached hydrogens (tertiary/aromatic N) is 1. The van der Waals surface area contributed by atoms with Gasteiger partial charge in [0.2, 0.25) is 0 Å². The van der Waals surface area contributed by atoms with Gasteiger partial charge in [-0.1, -0.05) is 17.7 Å². The zero-order valence-corrected chi connectivity index (χ0v) is 11.6. The summed E-state index contributed by atoms with van der Waals surface area (Å²) in [6, 6.07) is 5.77. The van der Waals surface area contributed by atoms with E-state index in [0.717, 1.165) is 17.9 Å². The molecule has 100 valence electrons. The number of ether oxygens (including phenoxy) is 1. The van der Waals surface area contributed by atoms with E-state index in [4.69, 9.17) is 22.1 Å². The fourth-order valence-electron chi connectivity index (χ4n) is 2.21. The standard InChI is InChI=1S/C14H21ClN2O/c1-11(16)12-4-5-14(13(15)10-12)18-9-8-17-6-2-3-7-17/h4-5,10-11H,2-3,6-9,16H2,1H3/t11-/m0/s1. The summed E-state index contributed by atoms with van der Waals surface area (Å²) < 4.78 is 5.72. The van der Waals surface area contributed by atoms with E-state index in [1.54, 1.807) is 0 Å². The van der Waals surface area contributed by atoms with Crippen LogP contribution >= 0.6 is 11.6 Å². The Balaban J connectivity index is 1.85. The second-order valence-corrected chi connectivity index (χ2v) is 5.28. The van der Waals surface area contributed by atoms with E-state index in [1.165, 1.54) is 25.9 Å². The predicted molar refractivity (Wildman–Crippen MR) is 75.2 cm³/mol. The molecule has 0 saturated carbocycles. The van der Waals surface area contributed by atoms with Crippen LogP contribution in [0.5, 0.6) is 5.75 Å². The molecular weight excluding hydrogens is 248 g/mol. The Morgan fingerprint density at radius 1 is 1.39 bits per heavy atom. The molecule has 1 aromatic carbocycles. The van der Waals surface area contributed by atoms with Crippen LogP contribution in [0.1, 0.15) is 31.4 Å². The first kappa shape index (κ1) is 13.7. The maximum absolute atomic E-state index is 6.17. The van der Waals surface area contributed by atoms with Gasteiger partial charge >= 0.3 is 0 Å². The van der Waals surface area contributed by atoms with Crippen molar-refractivity contribution in [3.63, 3.8) is 0 Å². The molecule has 1 heterocycles. The molecule has 3 nitrogen and oxygen atoms in total. The number of rotatable bonds is 5. The minimum Gasteiger partial charge on any atom is -0.491 e. The highest BCUT2D eigenvalue weighted by Crippen LogP contribution is 2.27. The summed E-state index contributed by atoms with van der Waals surface area (Å²) in [7, 11) is 0. The SMILES string of the molecule is C[C@H](N)c1ccc(OCCN2CCCC2)c(Cl)c1. The fourth-order valence-corrected chi connectivity index (χ4v) is 2.45. The maximum Gasteiger partial charge on any atom is 0.137 e. The van der Waals surface area contributed by atoms with E-state index < -0.39 is 0 Å². The fraction of sp³-hybridized carbons (Fsp3) is 0.571. The summed E-state index contributed by atoms with van der Waals surface area (Å²) >= 11 is 6.17. The predicted octanol–water partition coefficient (Wildman–Crippen LogP) is 2.83. The average molecular weight is 269 g/mol. The normalized spacial score (nSPS) is 17.9. The van der Waals surface area contributed by atoms with Crippen molar-refractivity contribution in [2.24, 2.45) is 5.73 Å². The molecule has 0 unspecified atom stereocenters. The van der Waals surface area contributed by atoms with Gasteiger partial charge in [0, 0.05) is 12.6 Å². The Hall–Kier alpha value is -0.770. The molecule has 1 aliphatic rings. The van der Waals surface area contributed by atoms with Crippen molar-refractivity contribution in [3.8, 4) is 5.75 Å². The first-order valence-electron chi connectivity index (χ1n) is 6.57. The maximum atomic E-state index is 6.17.